The number of fused-ring (bicyclic) bond motifs is 3. The normalized spacial score (nSPS) is 11.2. The Hall–Kier alpha value is -2.23. The molecule has 1 N–H and O–H groups in total. The fraction of sp³-hybridized carbons (Fsp3) is 0.118. The van der Waals surface area contributed by atoms with Gasteiger partial charge in [-0.05, 0) is 30.5 Å². The van der Waals surface area contributed by atoms with Gasteiger partial charge in [-0.15, -0.1) is 11.3 Å². The lowest BCUT2D eigenvalue weighted by Crippen LogP contribution is -2.20. The first-order valence-electron chi connectivity index (χ1n) is 7.55. The molecule has 0 aliphatic rings. The Morgan fingerprint density at radius 1 is 1.15 bits per heavy atom. The van der Waals surface area contributed by atoms with Crippen LogP contribution in [0.3, 0.4) is 0 Å². The third kappa shape index (κ3) is 3.37. The van der Waals surface area contributed by atoms with E-state index in [0.29, 0.717) is 5.13 Å². The number of ether oxygens (including phenoxy) is 1. The van der Waals surface area contributed by atoms with Gasteiger partial charge in [0.05, 0.1) is 20.4 Å². The van der Waals surface area contributed by atoms with Crippen molar-refractivity contribution in [2.75, 3.05) is 18.2 Å². The highest BCUT2D eigenvalue weighted by atomic mass is 32.2. The number of anilines is 1. The summed E-state index contributed by atoms with van der Waals surface area (Å²) >= 11 is 4.60. The van der Waals surface area contributed by atoms with Crippen LogP contribution in [0.2, 0.25) is 0 Å². The minimum atomic E-state index is -0.502. The van der Waals surface area contributed by atoms with Crippen molar-refractivity contribution in [1.82, 2.24) is 9.97 Å². The quantitative estimate of drug-likeness (QED) is 0.484. The van der Waals surface area contributed by atoms with Gasteiger partial charge in [-0.1, -0.05) is 35.2 Å². The van der Waals surface area contributed by atoms with E-state index < -0.39 is 11.7 Å². The summed E-state index contributed by atoms with van der Waals surface area (Å²) in [4.78, 5) is 21.1. The van der Waals surface area contributed by atoms with Crippen molar-refractivity contribution >= 4 is 65.9 Å². The minimum absolute atomic E-state index is 0.0444. The number of carbonyl (C=O) groups is 1. The Kier molecular flexibility index (Phi) is 4.75. The molecule has 9 heteroatoms. The minimum Gasteiger partial charge on any atom is -0.481 e. The Morgan fingerprint density at radius 2 is 1.88 bits per heavy atom. The maximum absolute atomic E-state index is 13.5. The second kappa shape index (κ2) is 7.18. The summed E-state index contributed by atoms with van der Waals surface area (Å²) in [6.45, 7) is -0.288. The summed E-state index contributed by atoms with van der Waals surface area (Å²) in [5.74, 6) is -0.849. The number of thioether (sulfide) groups is 1. The molecule has 26 heavy (non-hydrogen) atoms. The highest BCUT2D eigenvalue weighted by Crippen LogP contribution is 2.37. The number of para-hydroxylation sites is 1. The van der Waals surface area contributed by atoms with Gasteiger partial charge in [-0.25, -0.2) is 14.4 Å². The molecule has 0 spiro atoms. The molecule has 4 aromatic rings. The van der Waals surface area contributed by atoms with Gasteiger partial charge in [0.25, 0.3) is 5.91 Å². The lowest BCUT2D eigenvalue weighted by atomic mass is 10.3. The lowest BCUT2D eigenvalue weighted by molar-refractivity contribution is -0.118. The number of rotatable bonds is 5. The highest BCUT2D eigenvalue weighted by molar-refractivity contribution is 8.00. The molecule has 0 fully saturated rings. The molecule has 0 aliphatic heterocycles. The van der Waals surface area contributed by atoms with E-state index in [0.717, 1.165) is 24.8 Å². The van der Waals surface area contributed by atoms with E-state index in [1.54, 1.807) is 35.2 Å². The van der Waals surface area contributed by atoms with E-state index in [2.05, 4.69) is 15.3 Å². The molecule has 1 amide bonds. The van der Waals surface area contributed by atoms with Crippen molar-refractivity contribution in [3.05, 3.63) is 42.2 Å². The van der Waals surface area contributed by atoms with Crippen molar-refractivity contribution < 1.29 is 13.9 Å². The number of nitrogens with zero attached hydrogens (tertiary/aromatic N) is 2. The molecule has 5 nitrogen and oxygen atoms in total. The monoisotopic (exact) mass is 405 g/mol. The van der Waals surface area contributed by atoms with Gasteiger partial charge in [-0.2, -0.15) is 0 Å². The largest absolute Gasteiger partial charge is 0.481 e. The average molecular weight is 406 g/mol. The topological polar surface area (TPSA) is 64.1 Å². The first kappa shape index (κ1) is 17.2. The molecular formula is C17H12FN3O2S3. The predicted octanol–water partition coefficient (Wildman–Crippen LogP) is 4.78. The van der Waals surface area contributed by atoms with Gasteiger partial charge in [0.2, 0.25) is 0 Å². The van der Waals surface area contributed by atoms with E-state index >= 15 is 0 Å². The highest BCUT2D eigenvalue weighted by Gasteiger charge is 2.14. The number of hydrogen-bond acceptors (Lipinski definition) is 7. The lowest BCUT2D eigenvalue weighted by Gasteiger charge is -2.06. The average Bonchev–Trinajstić information content (AvgIpc) is 3.23. The fourth-order valence-electron chi connectivity index (χ4n) is 2.35. The number of hydrogen-bond donors (Lipinski definition) is 1. The van der Waals surface area contributed by atoms with E-state index in [-0.39, 0.29) is 12.4 Å². The van der Waals surface area contributed by atoms with Crippen LogP contribution in [0.25, 0.3) is 20.4 Å². The maximum atomic E-state index is 13.5. The molecule has 2 heterocycles. The predicted molar refractivity (Wildman–Crippen MR) is 105 cm³/mol. The van der Waals surface area contributed by atoms with E-state index in [1.807, 2.05) is 18.4 Å². The standard InChI is InChI=1S/C17H12FN3O2S3/c1-24-17-20-11-7-6-10-14(15(11)26-17)25-16(19-10)21-13(22)8-23-12-5-3-2-4-9(12)18/h2-7H,8H2,1H3,(H,19,21,22). The van der Waals surface area contributed by atoms with E-state index in [9.17, 15) is 9.18 Å². The summed E-state index contributed by atoms with van der Waals surface area (Å²) in [5, 5.41) is 3.19. The molecule has 0 saturated carbocycles. The SMILES string of the molecule is CSc1nc2ccc3nc(NC(=O)COc4ccccc4F)sc3c2s1. The zero-order valence-corrected chi connectivity index (χ0v) is 15.9. The Balaban J connectivity index is 1.51. The number of thiazole rings is 2. The molecule has 132 valence electrons. The Bertz CT molecular complexity index is 1110. The summed E-state index contributed by atoms with van der Waals surface area (Å²) in [5.41, 5.74) is 1.74. The molecule has 4 rings (SSSR count). The zero-order valence-electron chi connectivity index (χ0n) is 13.5. The second-order valence-corrected chi connectivity index (χ2v) is 8.28. The first-order valence-corrected chi connectivity index (χ1v) is 10.4. The third-order valence-electron chi connectivity index (χ3n) is 3.51. The maximum Gasteiger partial charge on any atom is 0.264 e. The van der Waals surface area contributed by atoms with Crippen LogP contribution in [-0.2, 0) is 4.79 Å². The van der Waals surface area contributed by atoms with Gasteiger partial charge >= 0.3 is 0 Å². The molecule has 0 unspecified atom stereocenters. The van der Waals surface area contributed by atoms with Gasteiger partial charge in [-0.3, -0.25) is 10.1 Å². The number of carbonyl (C=O) groups excluding carboxylic acids is 1. The summed E-state index contributed by atoms with van der Waals surface area (Å²) in [6, 6.07) is 9.79. The van der Waals surface area contributed by atoms with Gasteiger partial charge in [0.1, 0.15) is 0 Å². The van der Waals surface area contributed by atoms with Crippen molar-refractivity contribution in [2.24, 2.45) is 0 Å². The number of aromatic nitrogens is 2. The van der Waals surface area contributed by atoms with Crippen LogP contribution in [0.15, 0.2) is 40.7 Å². The Labute approximate surface area is 160 Å². The second-order valence-electron chi connectivity index (χ2n) is 5.23. The van der Waals surface area contributed by atoms with Crippen molar-refractivity contribution in [1.29, 1.82) is 0 Å². The van der Waals surface area contributed by atoms with E-state index in [1.165, 1.54) is 23.5 Å². The third-order valence-corrected chi connectivity index (χ3v) is 6.72. The smallest absolute Gasteiger partial charge is 0.264 e. The first-order chi connectivity index (χ1) is 12.6. The van der Waals surface area contributed by atoms with Crippen LogP contribution in [0, 0.1) is 5.82 Å². The van der Waals surface area contributed by atoms with Gasteiger partial charge in [0, 0.05) is 0 Å². The van der Waals surface area contributed by atoms with E-state index in [4.69, 9.17) is 4.74 Å². The number of benzene rings is 2. The number of nitrogens with one attached hydrogen (secondary N) is 1. The van der Waals surface area contributed by atoms with Crippen LogP contribution in [0.1, 0.15) is 0 Å². The molecule has 0 aliphatic carbocycles. The zero-order chi connectivity index (χ0) is 18.1. The van der Waals surface area contributed by atoms with Crippen LogP contribution in [0.4, 0.5) is 9.52 Å². The molecular weight excluding hydrogens is 393 g/mol. The number of halogens is 1. The van der Waals surface area contributed by atoms with Crippen LogP contribution in [-0.4, -0.2) is 28.7 Å². The number of amides is 1. The van der Waals surface area contributed by atoms with Crippen molar-refractivity contribution in [2.45, 2.75) is 4.34 Å². The molecule has 2 aromatic heterocycles. The van der Waals surface area contributed by atoms with Crippen LogP contribution < -0.4 is 10.1 Å². The summed E-state index contributed by atoms with van der Waals surface area (Å²) in [7, 11) is 0. The molecule has 0 bridgehead atoms. The van der Waals surface area contributed by atoms with Crippen LogP contribution >= 0.6 is 34.4 Å². The summed E-state index contributed by atoms with van der Waals surface area (Å²) in [6.07, 6.45) is 1.99. The molecule has 2 aromatic carbocycles. The molecule has 0 atom stereocenters. The summed E-state index contributed by atoms with van der Waals surface area (Å²) < 4.78 is 21.8. The molecule has 0 saturated heterocycles. The van der Waals surface area contributed by atoms with Gasteiger partial charge in [0.15, 0.2) is 27.6 Å². The van der Waals surface area contributed by atoms with Crippen molar-refractivity contribution in [3.63, 3.8) is 0 Å². The molecule has 0 radical (unpaired) electrons. The van der Waals surface area contributed by atoms with Crippen molar-refractivity contribution in [3.8, 4) is 5.75 Å². The van der Waals surface area contributed by atoms with Gasteiger partial charge < -0.3 is 4.74 Å². The Morgan fingerprint density at radius 3 is 2.65 bits per heavy atom. The van der Waals surface area contributed by atoms with Crippen LogP contribution in [0.5, 0.6) is 5.75 Å². The fourth-order valence-corrected chi connectivity index (χ4v) is 5.03.